The summed E-state index contributed by atoms with van der Waals surface area (Å²) < 4.78 is 2.01. The van der Waals surface area contributed by atoms with Gasteiger partial charge in [0, 0.05) is 66.8 Å². The summed E-state index contributed by atoms with van der Waals surface area (Å²) in [6.07, 6.45) is 8.74. The largest absolute Gasteiger partial charge is 0.337 e. The summed E-state index contributed by atoms with van der Waals surface area (Å²) in [5, 5.41) is 10.2. The fourth-order valence-corrected chi connectivity index (χ4v) is 6.17. The zero-order chi connectivity index (χ0) is 29.7. The van der Waals surface area contributed by atoms with Crippen LogP contribution in [0.15, 0.2) is 79.4 Å². The number of carbonyl (C=O) groups excluding carboxylic acids is 1. The van der Waals surface area contributed by atoms with E-state index in [1.54, 1.807) is 6.20 Å². The Morgan fingerprint density at radius 1 is 1.02 bits per heavy atom. The molecule has 2 aliphatic rings. The molecule has 2 aliphatic heterocycles. The van der Waals surface area contributed by atoms with Crippen LogP contribution >= 0.6 is 0 Å². The van der Waals surface area contributed by atoms with E-state index in [2.05, 4.69) is 69.9 Å². The van der Waals surface area contributed by atoms with Crippen LogP contribution in [0.1, 0.15) is 48.7 Å². The SMILES string of the molecule is Cc1c(NC(=O)c2ccc(C(C)(C)C)cc2)cccc1-c1cc(Nc2ccnc(N3CC4CC3CN4)n2)c2nccn2c1. The number of nitrogens with zero attached hydrogens (tertiary/aromatic N) is 5. The maximum atomic E-state index is 13.2. The maximum Gasteiger partial charge on any atom is 0.255 e. The van der Waals surface area contributed by atoms with Crippen molar-refractivity contribution in [2.24, 2.45) is 0 Å². The number of fused-ring (bicyclic) bond motifs is 3. The second-order valence-electron chi connectivity index (χ2n) is 12.6. The van der Waals surface area contributed by atoms with E-state index in [9.17, 15) is 4.79 Å². The summed E-state index contributed by atoms with van der Waals surface area (Å²) in [6.45, 7) is 10.4. The minimum Gasteiger partial charge on any atom is -0.337 e. The first-order chi connectivity index (χ1) is 20.7. The lowest BCUT2D eigenvalue weighted by atomic mass is 9.86. The average Bonchev–Trinajstić information content (AvgIpc) is 3.76. The third-order valence-corrected chi connectivity index (χ3v) is 8.61. The molecule has 3 aromatic heterocycles. The van der Waals surface area contributed by atoms with Gasteiger partial charge in [-0.15, -0.1) is 0 Å². The number of nitrogens with one attached hydrogen (secondary N) is 3. The van der Waals surface area contributed by atoms with Gasteiger partial charge < -0.3 is 25.3 Å². The molecule has 0 saturated carbocycles. The molecular formula is C34H36N8O. The zero-order valence-electron chi connectivity index (χ0n) is 24.9. The first-order valence-corrected chi connectivity index (χ1v) is 14.8. The predicted octanol–water partition coefficient (Wildman–Crippen LogP) is 5.94. The Labute approximate surface area is 251 Å². The monoisotopic (exact) mass is 572 g/mol. The molecule has 2 saturated heterocycles. The van der Waals surface area contributed by atoms with Crippen molar-refractivity contribution in [2.45, 2.75) is 51.6 Å². The minimum absolute atomic E-state index is 0.0327. The standard InChI is InChI=1S/C34H36N8O/c1-21-27(6-5-7-28(21)39-32(43)22-8-10-24(11-9-22)34(2,3)4)23-16-29(31-35-14-15-41(31)19-23)38-30-12-13-36-33(40-30)42-20-25-17-26(42)18-37-25/h5-16,19,25-26,37H,17-18,20H2,1-4H3,(H,39,43)(H,36,38,40). The topological polar surface area (TPSA) is 99.5 Å². The van der Waals surface area contributed by atoms with Gasteiger partial charge in [0.25, 0.3) is 5.91 Å². The number of hydrogen-bond donors (Lipinski definition) is 3. The molecule has 9 nitrogen and oxygen atoms in total. The van der Waals surface area contributed by atoms with Crippen LogP contribution < -0.4 is 20.9 Å². The number of anilines is 4. The smallest absolute Gasteiger partial charge is 0.255 e. The molecule has 9 heteroatoms. The van der Waals surface area contributed by atoms with Crippen molar-refractivity contribution in [1.29, 1.82) is 0 Å². The van der Waals surface area contributed by atoms with Gasteiger partial charge in [-0.05, 0) is 65.8 Å². The molecule has 0 aliphatic carbocycles. The number of amides is 1. The number of hydrogen-bond acceptors (Lipinski definition) is 7. The zero-order valence-corrected chi connectivity index (χ0v) is 24.9. The van der Waals surface area contributed by atoms with Crippen LogP contribution in [0.4, 0.5) is 23.1 Å². The summed E-state index contributed by atoms with van der Waals surface area (Å²) in [6, 6.07) is 18.8. The third-order valence-electron chi connectivity index (χ3n) is 8.61. The van der Waals surface area contributed by atoms with Crippen molar-refractivity contribution in [2.75, 3.05) is 28.6 Å². The van der Waals surface area contributed by atoms with E-state index in [-0.39, 0.29) is 11.3 Å². The Morgan fingerprint density at radius 3 is 2.60 bits per heavy atom. The van der Waals surface area contributed by atoms with Crippen LogP contribution in [0.25, 0.3) is 16.8 Å². The van der Waals surface area contributed by atoms with Crippen molar-refractivity contribution in [1.82, 2.24) is 24.7 Å². The maximum absolute atomic E-state index is 13.2. The fourth-order valence-electron chi connectivity index (χ4n) is 6.17. The highest BCUT2D eigenvalue weighted by molar-refractivity contribution is 6.05. The van der Waals surface area contributed by atoms with Crippen molar-refractivity contribution in [3.63, 3.8) is 0 Å². The highest BCUT2D eigenvalue weighted by Crippen LogP contribution is 2.33. The third kappa shape index (κ3) is 5.21. The van der Waals surface area contributed by atoms with Crippen LogP contribution in [-0.2, 0) is 5.41 Å². The molecule has 5 heterocycles. The average molecular weight is 573 g/mol. The van der Waals surface area contributed by atoms with E-state index in [0.29, 0.717) is 17.6 Å². The number of benzene rings is 2. The molecule has 5 aromatic rings. The quantitative estimate of drug-likeness (QED) is 0.231. The molecule has 2 bridgehead atoms. The van der Waals surface area contributed by atoms with Gasteiger partial charge in [-0.25, -0.2) is 9.97 Å². The highest BCUT2D eigenvalue weighted by atomic mass is 16.1. The summed E-state index contributed by atoms with van der Waals surface area (Å²) in [5.41, 5.74) is 7.26. The Kier molecular flexibility index (Phi) is 6.62. The van der Waals surface area contributed by atoms with E-state index in [1.165, 1.54) is 5.56 Å². The molecule has 2 unspecified atom stereocenters. The van der Waals surface area contributed by atoms with E-state index in [1.807, 2.05) is 66.2 Å². The minimum atomic E-state index is -0.130. The predicted molar refractivity (Wildman–Crippen MR) is 171 cm³/mol. The lowest BCUT2D eigenvalue weighted by molar-refractivity contribution is 0.102. The summed E-state index contributed by atoms with van der Waals surface area (Å²) in [4.78, 5) is 29.5. The number of piperazine rings is 1. The first-order valence-electron chi connectivity index (χ1n) is 14.8. The van der Waals surface area contributed by atoms with Gasteiger partial charge in [0.15, 0.2) is 5.65 Å². The molecule has 7 rings (SSSR count). The van der Waals surface area contributed by atoms with Gasteiger partial charge in [0.1, 0.15) is 5.82 Å². The fraction of sp³-hybridized carbons (Fsp3) is 0.294. The first kappa shape index (κ1) is 27.1. The van der Waals surface area contributed by atoms with Crippen molar-refractivity contribution in [3.05, 3.63) is 96.1 Å². The number of pyridine rings is 1. The lowest BCUT2D eigenvalue weighted by Crippen LogP contribution is -2.44. The Bertz CT molecular complexity index is 1820. The lowest BCUT2D eigenvalue weighted by Gasteiger charge is -2.27. The van der Waals surface area contributed by atoms with E-state index < -0.39 is 0 Å². The van der Waals surface area contributed by atoms with E-state index in [0.717, 1.165) is 65.0 Å². The number of imidazole rings is 1. The van der Waals surface area contributed by atoms with E-state index in [4.69, 9.17) is 4.98 Å². The molecule has 0 radical (unpaired) electrons. The molecule has 3 N–H and O–H groups in total. The molecule has 43 heavy (non-hydrogen) atoms. The molecule has 2 atom stereocenters. The van der Waals surface area contributed by atoms with Gasteiger partial charge in [0.2, 0.25) is 5.95 Å². The number of rotatable bonds is 6. The number of aromatic nitrogens is 4. The van der Waals surface area contributed by atoms with Crippen molar-refractivity contribution >= 4 is 34.7 Å². The van der Waals surface area contributed by atoms with Crippen LogP contribution in [0.5, 0.6) is 0 Å². The van der Waals surface area contributed by atoms with Crippen LogP contribution in [-0.4, -0.2) is 50.4 Å². The van der Waals surface area contributed by atoms with Crippen LogP contribution in [0, 0.1) is 6.92 Å². The molecular weight excluding hydrogens is 536 g/mol. The van der Waals surface area contributed by atoms with Crippen molar-refractivity contribution in [3.8, 4) is 11.1 Å². The second kappa shape index (κ2) is 10.5. The van der Waals surface area contributed by atoms with Crippen LogP contribution in [0.3, 0.4) is 0 Å². The van der Waals surface area contributed by atoms with Gasteiger partial charge >= 0.3 is 0 Å². The van der Waals surface area contributed by atoms with Crippen LogP contribution in [0.2, 0.25) is 0 Å². The van der Waals surface area contributed by atoms with Gasteiger partial charge in [0.05, 0.1) is 5.69 Å². The summed E-state index contributed by atoms with van der Waals surface area (Å²) in [7, 11) is 0. The molecule has 1 amide bonds. The van der Waals surface area contributed by atoms with Gasteiger partial charge in [-0.3, -0.25) is 4.79 Å². The highest BCUT2D eigenvalue weighted by Gasteiger charge is 2.38. The summed E-state index contributed by atoms with van der Waals surface area (Å²) in [5.74, 6) is 1.34. The van der Waals surface area contributed by atoms with Gasteiger partial charge in [-0.2, -0.15) is 4.98 Å². The molecule has 2 aromatic carbocycles. The summed E-state index contributed by atoms with van der Waals surface area (Å²) >= 11 is 0. The molecule has 0 spiro atoms. The molecule has 2 fully saturated rings. The Hall–Kier alpha value is -4.76. The van der Waals surface area contributed by atoms with Gasteiger partial charge in [-0.1, -0.05) is 45.0 Å². The second-order valence-corrected chi connectivity index (χ2v) is 12.6. The number of carbonyl (C=O) groups is 1. The Morgan fingerprint density at radius 2 is 1.86 bits per heavy atom. The Balaban J connectivity index is 1.16. The van der Waals surface area contributed by atoms with E-state index >= 15 is 0 Å². The normalized spacial score (nSPS) is 17.9. The van der Waals surface area contributed by atoms with Crippen molar-refractivity contribution < 1.29 is 4.79 Å². The molecule has 218 valence electrons.